The first kappa shape index (κ1) is 6.34. The molecule has 0 N–H and O–H groups in total. The van der Waals surface area contributed by atoms with Crippen LogP contribution in [0.2, 0.25) is 0 Å². The third-order valence-electron chi connectivity index (χ3n) is 1.64. The molecule has 9 heavy (non-hydrogen) atoms. The summed E-state index contributed by atoms with van der Waals surface area (Å²) in [6.45, 7) is 4.33. The van der Waals surface area contributed by atoms with Gasteiger partial charge in [-0.1, -0.05) is 31.2 Å². The molecule has 0 aliphatic heterocycles. The predicted octanol–water partition coefficient (Wildman–Crippen LogP) is 2.56. The molecule has 0 aliphatic carbocycles. The second kappa shape index (κ2) is 2.67. The maximum atomic E-state index is 2.18. The molecule has 0 saturated carbocycles. The first-order valence-electron chi connectivity index (χ1n) is 3.39. The van der Waals surface area contributed by atoms with Crippen LogP contribution in [0.3, 0.4) is 0 Å². The summed E-state index contributed by atoms with van der Waals surface area (Å²) in [5.41, 5.74) is 2.86. The van der Waals surface area contributed by atoms with Crippen LogP contribution < -0.4 is 0 Å². The molecule has 0 unspecified atom stereocenters. The molecule has 1 rings (SSSR count). The molecular weight excluding hydrogens is 108 g/mol. The molecular formula is C9H12. The quantitative estimate of drug-likeness (QED) is 0.534. The van der Waals surface area contributed by atoms with Crippen molar-refractivity contribution >= 4 is 0 Å². The van der Waals surface area contributed by atoms with Gasteiger partial charge in [0.25, 0.3) is 0 Å². The van der Waals surface area contributed by atoms with E-state index in [1.807, 2.05) is 0 Å². The number of rotatable bonds is 1. The number of hydrogen-bond acceptors (Lipinski definition) is 0. The minimum Gasteiger partial charge on any atom is -0.0620 e. The van der Waals surface area contributed by atoms with Crippen molar-refractivity contribution in [2.24, 2.45) is 0 Å². The van der Waals surface area contributed by atoms with E-state index in [2.05, 4.69) is 38.1 Å². The molecule has 0 aromatic heterocycles. The molecule has 0 aliphatic rings. The Bertz CT molecular complexity index is 189. The third kappa shape index (κ3) is 1.32. The van der Waals surface area contributed by atoms with Gasteiger partial charge in [-0.2, -0.15) is 0 Å². The fourth-order valence-corrected chi connectivity index (χ4v) is 1.01. The van der Waals surface area contributed by atoms with E-state index in [0.29, 0.717) is 0 Å². The SMILES string of the molecule is CCc1ccccc1C. The Labute approximate surface area is 56.5 Å². The van der Waals surface area contributed by atoms with Gasteiger partial charge in [0.2, 0.25) is 0 Å². The van der Waals surface area contributed by atoms with Gasteiger partial charge in [0.05, 0.1) is 0 Å². The predicted molar refractivity (Wildman–Crippen MR) is 40.6 cm³/mol. The first-order valence-corrected chi connectivity index (χ1v) is 3.39. The molecule has 0 fully saturated rings. The Hall–Kier alpha value is -0.780. The lowest BCUT2D eigenvalue weighted by Crippen LogP contribution is -1.82. The van der Waals surface area contributed by atoms with Crippen LogP contribution in [0.5, 0.6) is 0 Å². The standard InChI is InChI=1S/C9H12/c1-3-9-7-5-4-6-8(9)2/h4-7H,3H2,1-2H3. The van der Waals surface area contributed by atoms with E-state index < -0.39 is 0 Å². The fraction of sp³-hybridized carbons (Fsp3) is 0.333. The smallest absolute Gasteiger partial charge is 0.0305 e. The average molecular weight is 120 g/mol. The lowest BCUT2D eigenvalue weighted by Gasteiger charge is -1.98. The summed E-state index contributed by atoms with van der Waals surface area (Å²) >= 11 is 0. The molecule has 0 amide bonds. The Kier molecular flexibility index (Phi) is 1.88. The van der Waals surface area contributed by atoms with Crippen LogP contribution in [-0.2, 0) is 6.42 Å². The van der Waals surface area contributed by atoms with E-state index in [1.54, 1.807) is 0 Å². The molecule has 0 atom stereocenters. The molecule has 0 spiro atoms. The van der Waals surface area contributed by atoms with Crippen LogP contribution in [0, 0.1) is 6.92 Å². The lowest BCUT2D eigenvalue weighted by molar-refractivity contribution is 1.11. The molecule has 1 aromatic carbocycles. The summed E-state index contributed by atoms with van der Waals surface area (Å²) in [6.07, 6.45) is 1.15. The third-order valence-corrected chi connectivity index (χ3v) is 1.64. The summed E-state index contributed by atoms with van der Waals surface area (Å²) in [6, 6.07) is 8.49. The Morgan fingerprint density at radius 1 is 1.22 bits per heavy atom. The van der Waals surface area contributed by atoms with Crippen LogP contribution in [0.15, 0.2) is 24.3 Å². The first-order chi connectivity index (χ1) is 4.34. The summed E-state index contributed by atoms with van der Waals surface area (Å²) in [5, 5.41) is 0. The summed E-state index contributed by atoms with van der Waals surface area (Å²) in [4.78, 5) is 0. The van der Waals surface area contributed by atoms with Gasteiger partial charge in [0.1, 0.15) is 0 Å². The van der Waals surface area contributed by atoms with Crippen molar-refractivity contribution in [1.82, 2.24) is 0 Å². The van der Waals surface area contributed by atoms with Crippen LogP contribution in [0.25, 0.3) is 0 Å². The van der Waals surface area contributed by atoms with Crippen molar-refractivity contribution in [3.63, 3.8) is 0 Å². The van der Waals surface area contributed by atoms with Crippen molar-refractivity contribution in [1.29, 1.82) is 0 Å². The van der Waals surface area contributed by atoms with Gasteiger partial charge in [-0.25, -0.2) is 0 Å². The molecule has 1 aromatic rings. The van der Waals surface area contributed by atoms with Gasteiger partial charge in [0, 0.05) is 0 Å². The van der Waals surface area contributed by atoms with Gasteiger partial charge >= 0.3 is 0 Å². The second-order valence-electron chi connectivity index (χ2n) is 2.28. The Morgan fingerprint density at radius 3 is 2.33 bits per heavy atom. The van der Waals surface area contributed by atoms with Crippen molar-refractivity contribution in [3.05, 3.63) is 35.4 Å². The lowest BCUT2D eigenvalue weighted by atomic mass is 10.1. The summed E-state index contributed by atoms with van der Waals surface area (Å²) in [5.74, 6) is 0. The number of benzene rings is 1. The highest BCUT2D eigenvalue weighted by atomic mass is 13.9. The normalized spacial score (nSPS) is 9.56. The highest BCUT2D eigenvalue weighted by molar-refractivity contribution is 5.24. The van der Waals surface area contributed by atoms with E-state index in [9.17, 15) is 0 Å². The maximum absolute atomic E-state index is 2.18. The number of aryl methyl sites for hydroxylation is 2. The van der Waals surface area contributed by atoms with Crippen LogP contribution >= 0.6 is 0 Å². The Balaban J connectivity index is 3.01. The molecule has 0 nitrogen and oxygen atoms in total. The minimum absolute atomic E-state index is 1.15. The van der Waals surface area contributed by atoms with Gasteiger partial charge in [-0.15, -0.1) is 0 Å². The van der Waals surface area contributed by atoms with Gasteiger partial charge in [-0.3, -0.25) is 0 Å². The summed E-state index contributed by atoms with van der Waals surface area (Å²) < 4.78 is 0. The molecule has 48 valence electrons. The van der Waals surface area contributed by atoms with E-state index in [-0.39, 0.29) is 0 Å². The largest absolute Gasteiger partial charge is 0.0620 e. The van der Waals surface area contributed by atoms with Crippen molar-refractivity contribution in [2.45, 2.75) is 20.3 Å². The average Bonchev–Trinajstić information content (AvgIpc) is 1.89. The van der Waals surface area contributed by atoms with Crippen molar-refractivity contribution in [3.8, 4) is 0 Å². The van der Waals surface area contributed by atoms with Gasteiger partial charge < -0.3 is 0 Å². The second-order valence-corrected chi connectivity index (χ2v) is 2.28. The monoisotopic (exact) mass is 120 g/mol. The van der Waals surface area contributed by atoms with E-state index >= 15 is 0 Å². The Morgan fingerprint density at radius 2 is 1.89 bits per heavy atom. The molecule has 0 saturated heterocycles. The minimum atomic E-state index is 1.15. The van der Waals surface area contributed by atoms with Crippen LogP contribution in [0.4, 0.5) is 0 Å². The zero-order valence-corrected chi connectivity index (χ0v) is 6.02. The van der Waals surface area contributed by atoms with E-state index in [4.69, 9.17) is 0 Å². The van der Waals surface area contributed by atoms with Gasteiger partial charge in [0.15, 0.2) is 0 Å². The zero-order valence-electron chi connectivity index (χ0n) is 6.02. The highest BCUT2D eigenvalue weighted by Crippen LogP contribution is 2.06. The topological polar surface area (TPSA) is 0 Å². The summed E-state index contributed by atoms with van der Waals surface area (Å²) in [7, 11) is 0. The number of hydrogen-bond donors (Lipinski definition) is 0. The van der Waals surface area contributed by atoms with Gasteiger partial charge in [-0.05, 0) is 24.5 Å². The van der Waals surface area contributed by atoms with Crippen LogP contribution in [0.1, 0.15) is 18.1 Å². The fourth-order valence-electron chi connectivity index (χ4n) is 1.01. The van der Waals surface area contributed by atoms with E-state index in [1.165, 1.54) is 11.1 Å². The zero-order chi connectivity index (χ0) is 6.69. The highest BCUT2D eigenvalue weighted by Gasteiger charge is 1.89. The van der Waals surface area contributed by atoms with Crippen molar-refractivity contribution < 1.29 is 0 Å². The molecule has 0 bridgehead atoms. The molecule has 0 radical (unpaired) electrons. The molecule has 0 heteroatoms. The molecule has 0 heterocycles. The van der Waals surface area contributed by atoms with E-state index in [0.717, 1.165) is 6.42 Å². The van der Waals surface area contributed by atoms with Crippen LogP contribution in [-0.4, -0.2) is 0 Å². The maximum Gasteiger partial charge on any atom is -0.0305 e. The van der Waals surface area contributed by atoms with Crippen molar-refractivity contribution in [2.75, 3.05) is 0 Å².